The number of carbonyl (C=O) groups excluding carboxylic acids is 1. The zero-order valence-corrected chi connectivity index (χ0v) is 11.3. The molecule has 3 heteroatoms. The van der Waals surface area contributed by atoms with Crippen LogP contribution in [0.15, 0.2) is 53.4 Å². The van der Waals surface area contributed by atoms with E-state index in [9.17, 15) is 4.79 Å². The van der Waals surface area contributed by atoms with Crippen molar-refractivity contribution in [3.63, 3.8) is 0 Å². The van der Waals surface area contributed by atoms with Gasteiger partial charge in [-0.3, -0.25) is 4.79 Å². The van der Waals surface area contributed by atoms with Crippen LogP contribution in [0.1, 0.15) is 15.9 Å². The number of hydrogen-bond acceptors (Lipinski definition) is 2. The van der Waals surface area contributed by atoms with E-state index in [1.807, 2.05) is 49.4 Å². The van der Waals surface area contributed by atoms with Crippen LogP contribution in [-0.2, 0) is 0 Å². The smallest absolute Gasteiger partial charge is 0.259 e. The summed E-state index contributed by atoms with van der Waals surface area (Å²) in [4.78, 5) is 14.7. The van der Waals surface area contributed by atoms with Gasteiger partial charge < -0.3 is 4.90 Å². The van der Waals surface area contributed by atoms with Crippen molar-refractivity contribution in [3.8, 4) is 0 Å². The molecule has 0 fully saturated rings. The van der Waals surface area contributed by atoms with Crippen LogP contribution < -0.4 is 4.90 Å². The lowest BCUT2D eigenvalue weighted by Gasteiger charge is -2.18. The molecule has 0 aliphatic carbocycles. The number of carbonyl (C=O) groups is 1. The molecule has 0 aliphatic heterocycles. The molecular weight excluding hydrogens is 242 g/mol. The molecule has 0 spiro atoms. The first-order valence-corrected chi connectivity index (χ1v) is 6.17. The highest BCUT2D eigenvalue weighted by Crippen LogP contribution is 2.19. The minimum atomic E-state index is -0.0514. The van der Waals surface area contributed by atoms with Gasteiger partial charge in [0.05, 0.1) is 5.56 Å². The van der Waals surface area contributed by atoms with Crippen molar-refractivity contribution in [1.29, 1.82) is 0 Å². The molecule has 2 aromatic carbocycles. The van der Waals surface area contributed by atoms with Crippen molar-refractivity contribution in [2.45, 2.75) is 11.8 Å². The van der Waals surface area contributed by atoms with Gasteiger partial charge in [-0.1, -0.05) is 29.8 Å². The van der Waals surface area contributed by atoms with Gasteiger partial charge in [-0.05, 0) is 31.2 Å². The van der Waals surface area contributed by atoms with Crippen LogP contribution in [0.4, 0.5) is 5.69 Å². The van der Waals surface area contributed by atoms with Crippen molar-refractivity contribution in [2.24, 2.45) is 0 Å². The molecule has 2 nitrogen and oxygen atoms in total. The Morgan fingerprint density at radius 3 is 2.28 bits per heavy atom. The molecule has 0 atom stereocenters. The SMILES string of the molecule is Cc1ccc(N(C)C(=O)c2ccccc2S)cc1. The maximum atomic E-state index is 12.3. The van der Waals surface area contributed by atoms with Gasteiger partial charge >= 0.3 is 0 Å². The average molecular weight is 257 g/mol. The normalized spacial score (nSPS) is 10.2. The van der Waals surface area contributed by atoms with Crippen molar-refractivity contribution < 1.29 is 4.79 Å². The summed E-state index contributed by atoms with van der Waals surface area (Å²) in [6, 6.07) is 15.2. The molecule has 0 bridgehead atoms. The first-order valence-electron chi connectivity index (χ1n) is 5.72. The number of nitrogens with zero attached hydrogens (tertiary/aromatic N) is 1. The van der Waals surface area contributed by atoms with Crippen LogP contribution in [0, 0.1) is 6.92 Å². The van der Waals surface area contributed by atoms with Crippen LogP contribution in [0.2, 0.25) is 0 Å². The minimum Gasteiger partial charge on any atom is -0.311 e. The van der Waals surface area contributed by atoms with Crippen molar-refractivity contribution in [1.82, 2.24) is 0 Å². The summed E-state index contributed by atoms with van der Waals surface area (Å²) in [7, 11) is 1.77. The Morgan fingerprint density at radius 1 is 1.06 bits per heavy atom. The molecule has 2 aromatic rings. The third-order valence-electron chi connectivity index (χ3n) is 2.86. The molecule has 1 amide bonds. The van der Waals surface area contributed by atoms with E-state index in [-0.39, 0.29) is 5.91 Å². The first-order chi connectivity index (χ1) is 8.59. The van der Waals surface area contributed by atoms with Crippen LogP contribution in [0.5, 0.6) is 0 Å². The molecule has 0 radical (unpaired) electrons. The van der Waals surface area contributed by atoms with E-state index in [2.05, 4.69) is 12.6 Å². The monoisotopic (exact) mass is 257 g/mol. The van der Waals surface area contributed by atoms with Gasteiger partial charge in [-0.2, -0.15) is 0 Å². The van der Waals surface area contributed by atoms with E-state index in [1.54, 1.807) is 18.0 Å². The van der Waals surface area contributed by atoms with E-state index in [0.29, 0.717) is 10.5 Å². The van der Waals surface area contributed by atoms with E-state index in [0.717, 1.165) is 5.69 Å². The average Bonchev–Trinajstić information content (AvgIpc) is 2.38. The van der Waals surface area contributed by atoms with Gasteiger partial charge in [-0.15, -0.1) is 12.6 Å². The van der Waals surface area contributed by atoms with Gasteiger partial charge in [0, 0.05) is 17.6 Å². The zero-order chi connectivity index (χ0) is 13.1. The Morgan fingerprint density at radius 2 is 1.67 bits per heavy atom. The lowest BCUT2D eigenvalue weighted by Crippen LogP contribution is -2.26. The molecule has 2 rings (SSSR count). The number of aryl methyl sites for hydroxylation is 1. The largest absolute Gasteiger partial charge is 0.311 e. The predicted molar refractivity (Wildman–Crippen MR) is 77.6 cm³/mol. The summed E-state index contributed by atoms with van der Waals surface area (Å²) >= 11 is 4.31. The van der Waals surface area contributed by atoms with E-state index >= 15 is 0 Å². The summed E-state index contributed by atoms with van der Waals surface area (Å²) in [5, 5.41) is 0. The molecule has 0 heterocycles. The maximum absolute atomic E-state index is 12.3. The van der Waals surface area contributed by atoms with Crippen LogP contribution >= 0.6 is 12.6 Å². The molecule has 0 N–H and O–H groups in total. The maximum Gasteiger partial charge on any atom is 0.259 e. The van der Waals surface area contributed by atoms with Crippen LogP contribution in [0.25, 0.3) is 0 Å². The molecule has 0 unspecified atom stereocenters. The quantitative estimate of drug-likeness (QED) is 0.816. The second kappa shape index (κ2) is 5.27. The van der Waals surface area contributed by atoms with E-state index in [4.69, 9.17) is 0 Å². The number of amides is 1. The summed E-state index contributed by atoms with van der Waals surface area (Å²) in [5.41, 5.74) is 2.67. The van der Waals surface area contributed by atoms with Gasteiger partial charge in [0.15, 0.2) is 0 Å². The summed E-state index contributed by atoms with van der Waals surface area (Å²) < 4.78 is 0. The molecule has 92 valence electrons. The molecule has 0 saturated heterocycles. The zero-order valence-electron chi connectivity index (χ0n) is 10.4. The Balaban J connectivity index is 2.29. The standard InChI is InChI=1S/C15H15NOS/c1-11-7-9-12(10-8-11)16(2)15(17)13-5-3-4-6-14(13)18/h3-10,18H,1-2H3. The van der Waals surface area contributed by atoms with Gasteiger partial charge in [0.2, 0.25) is 0 Å². The molecular formula is C15H15NOS. The summed E-state index contributed by atoms with van der Waals surface area (Å²) in [6.07, 6.45) is 0. The Kier molecular flexibility index (Phi) is 3.72. The second-order valence-electron chi connectivity index (χ2n) is 4.22. The topological polar surface area (TPSA) is 20.3 Å². The number of rotatable bonds is 2. The Hall–Kier alpha value is -1.74. The number of thiol groups is 1. The van der Waals surface area contributed by atoms with Crippen molar-refractivity contribution in [2.75, 3.05) is 11.9 Å². The highest BCUT2D eigenvalue weighted by atomic mass is 32.1. The van der Waals surface area contributed by atoms with E-state index in [1.165, 1.54) is 5.56 Å². The fourth-order valence-corrected chi connectivity index (χ4v) is 1.98. The first kappa shape index (κ1) is 12.7. The highest BCUT2D eigenvalue weighted by molar-refractivity contribution is 7.80. The molecule has 0 saturated carbocycles. The summed E-state index contributed by atoms with van der Waals surface area (Å²) in [5.74, 6) is -0.0514. The fraction of sp³-hybridized carbons (Fsp3) is 0.133. The second-order valence-corrected chi connectivity index (χ2v) is 4.70. The lowest BCUT2D eigenvalue weighted by molar-refractivity contribution is 0.0990. The number of anilines is 1. The van der Waals surface area contributed by atoms with Crippen LogP contribution in [-0.4, -0.2) is 13.0 Å². The minimum absolute atomic E-state index is 0.0514. The third kappa shape index (κ3) is 2.57. The van der Waals surface area contributed by atoms with Crippen molar-refractivity contribution >= 4 is 24.2 Å². The number of benzene rings is 2. The highest BCUT2D eigenvalue weighted by Gasteiger charge is 2.15. The lowest BCUT2D eigenvalue weighted by atomic mass is 10.1. The van der Waals surface area contributed by atoms with Crippen molar-refractivity contribution in [3.05, 3.63) is 59.7 Å². The molecule has 18 heavy (non-hydrogen) atoms. The summed E-state index contributed by atoms with van der Waals surface area (Å²) in [6.45, 7) is 2.02. The Labute approximate surface area is 113 Å². The van der Waals surface area contributed by atoms with E-state index < -0.39 is 0 Å². The Bertz CT molecular complexity index is 563. The van der Waals surface area contributed by atoms with Gasteiger partial charge in [-0.25, -0.2) is 0 Å². The van der Waals surface area contributed by atoms with Gasteiger partial charge in [0.1, 0.15) is 0 Å². The predicted octanol–water partition coefficient (Wildman–Crippen LogP) is 3.56. The van der Waals surface area contributed by atoms with Crippen LogP contribution in [0.3, 0.4) is 0 Å². The third-order valence-corrected chi connectivity index (χ3v) is 3.25. The molecule has 0 aromatic heterocycles. The number of hydrogen-bond donors (Lipinski definition) is 1. The van der Waals surface area contributed by atoms with Gasteiger partial charge in [0.25, 0.3) is 5.91 Å². The fourth-order valence-electron chi connectivity index (χ4n) is 1.72. The molecule has 0 aliphatic rings.